The summed E-state index contributed by atoms with van der Waals surface area (Å²) in [6.07, 6.45) is 2.26. The van der Waals surface area contributed by atoms with Gasteiger partial charge in [0.15, 0.2) is 12.1 Å². The molecular weight excluding hydrogens is 292 g/mol. The van der Waals surface area contributed by atoms with Gasteiger partial charge in [-0.2, -0.15) is 0 Å². The molecule has 0 bridgehead atoms. The molecule has 118 valence electrons. The molecule has 1 aromatic heterocycles. The van der Waals surface area contributed by atoms with Crippen molar-refractivity contribution < 1.29 is 18.3 Å². The van der Waals surface area contributed by atoms with Crippen LogP contribution in [0, 0.1) is 11.6 Å². The Morgan fingerprint density at radius 1 is 1.32 bits per heavy atom. The average Bonchev–Trinajstić information content (AvgIpc) is 3.19. The summed E-state index contributed by atoms with van der Waals surface area (Å²) in [5, 5.41) is 0. The van der Waals surface area contributed by atoms with Crippen LogP contribution in [0.25, 0.3) is 0 Å². The first-order valence-corrected chi connectivity index (χ1v) is 7.14. The summed E-state index contributed by atoms with van der Waals surface area (Å²) >= 11 is 0. The fourth-order valence-corrected chi connectivity index (χ4v) is 2.49. The molecule has 1 fully saturated rings. The van der Waals surface area contributed by atoms with Crippen LogP contribution in [-0.4, -0.2) is 29.7 Å². The fourth-order valence-electron chi connectivity index (χ4n) is 2.49. The van der Waals surface area contributed by atoms with E-state index in [2.05, 4.69) is 9.97 Å². The van der Waals surface area contributed by atoms with E-state index in [0.717, 1.165) is 5.69 Å². The number of rotatable bonds is 5. The second kappa shape index (κ2) is 6.41. The van der Waals surface area contributed by atoms with Gasteiger partial charge in [0.25, 0.3) is 0 Å². The maximum atomic E-state index is 14.8. The molecule has 1 N–H and O–H groups in total. The van der Waals surface area contributed by atoms with Crippen molar-refractivity contribution in [1.82, 2.24) is 9.97 Å². The Morgan fingerprint density at radius 2 is 2.09 bits per heavy atom. The van der Waals surface area contributed by atoms with Crippen LogP contribution in [0.2, 0.25) is 0 Å². The largest absolute Gasteiger partial charge is 0.364 e. The molecule has 1 aliphatic rings. The molecule has 2 heterocycles. The van der Waals surface area contributed by atoms with E-state index in [9.17, 15) is 8.78 Å². The predicted octanol–water partition coefficient (Wildman–Crippen LogP) is 2.76. The van der Waals surface area contributed by atoms with Crippen molar-refractivity contribution in [2.24, 2.45) is 0 Å². The van der Waals surface area contributed by atoms with Crippen molar-refractivity contribution in [3.05, 3.63) is 47.5 Å². The molecule has 1 aromatic carbocycles. The van der Waals surface area contributed by atoms with E-state index >= 15 is 0 Å². The topological polar surface area (TPSA) is 50.4 Å². The molecule has 0 unspecified atom stereocenters. The number of imidazole rings is 1. The molecule has 0 radical (unpaired) electrons. The minimum Gasteiger partial charge on any atom is -0.364 e. The number of benzene rings is 1. The van der Waals surface area contributed by atoms with Gasteiger partial charge < -0.3 is 19.4 Å². The van der Waals surface area contributed by atoms with Crippen LogP contribution in [0.3, 0.4) is 0 Å². The van der Waals surface area contributed by atoms with E-state index in [1.165, 1.54) is 12.1 Å². The molecule has 1 aliphatic heterocycles. The van der Waals surface area contributed by atoms with Gasteiger partial charge in [0, 0.05) is 12.7 Å². The maximum absolute atomic E-state index is 14.8. The normalized spacial score (nSPS) is 15.4. The minimum absolute atomic E-state index is 0.168. The van der Waals surface area contributed by atoms with Crippen molar-refractivity contribution in [2.45, 2.75) is 19.8 Å². The molecular formula is C15H17F2N3O2. The zero-order chi connectivity index (χ0) is 15.5. The summed E-state index contributed by atoms with van der Waals surface area (Å²) in [6, 6.07) is 2.68. The molecule has 0 saturated carbocycles. The highest BCUT2D eigenvalue weighted by molar-refractivity contribution is 5.51. The SMILES string of the molecule is CCN(Cc1cnc[nH]1)c1ccc(F)c(C2OCCO2)c1F. The van der Waals surface area contributed by atoms with Crippen molar-refractivity contribution >= 4 is 5.69 Å². The van der Waals surface area contributed by atoms with Gasteiger partial charge in [-0.25, -0.2) is 13.8 Å². The molecule has 7 heteroatoms. The van der Waals surface area contributed by atoms with E-state index in [4.69, 9.17) is 9.47 Å². The Hall–Kier alpha value is -1.99. The van der Waals surface area contributed by atoms with Crippen molar-refractivity contribution in [1.29, 1.82) is 0 Å². The maximum Gasteiger partial charge on any atom is 0.189 e. The van der Waals surface area contributed by atoms with Gasteiger partial charge in [-0.1, -0.05) is 0 Å². The quantitative estimate of drug-likeness (QED) is 0.923. The van der Waals surface area contributed by atoms with Crippen LogP contribution < -0.4 is 4.90 Å². The van der Waals surface area contributed by atoms with E-state index in [1.807, 2.05) is 6.92 Å². The first-order chi connectivity index (χ1) is 10.7. The second-order valence-electron chi connectivity index (χ2n) is 4.96. The van der Waals surface area contributed by atoms with Gasteiger partial charge in [0.2, 0.25) is 0 Å². The smallest absolute Gasteiger partial charge is 0.189 e. The summed E-state index contributed by atoms with van der Waals surface area (Å²) in [7, 11) is 0. The number of hydrogen-bond acceptors (Lipinski definition) is 4. The minimum atomic E-state index is -0.981. The number of aromatic amines is 1. The fraction of sp³-hybridized carbons (Fsp3) is 0.400. The zero-order valence-corrected chi connectivity index (χ0v) is 12.2. The Kier molecular flexibility index (Phi) is 4.35. The highest BCUT2D eigenvalue weighted by Crippen LogP contribution is 2.33. The third-order valence-corrected chi connectivity index (χ3v) is 3.60. The Bertz CT molecular complexity index is 628. The highest BCUT2D eigenvalue weighted by atomic mass is 19.1. The van der Waals surface area contributed by atoms with Gasteiger partial charge in [-0.15, -0.1) is 0 Å². The van der Waals surface area contributed by atoms with Gasteiger partial charge >= 0.3 is 0 Å². The summed E-state index contributed by atoms with van der Waals surface area (Å²) in [6.45, 7) is 3.58. The first kappa shape index (κ1) is 14.9. The van der Waals surface area contributed by atoms with Crippen molar-refractivity contribution in [3.63, 3.8) is 0 Å². The Labute approximate surface area is 126 Å². The molecule has 22 heavy (non-hydrogen) atoms. The van der Waals surface area contributed by atoms with Crippen molar-refractivity contribution in [2.75, 3.05) is 24.7 Å². The van der Waals surface area contributed by atoms with Gasteiger partial charge in [-0.3, -0.25) is 0 Å². The third-order valence-electron chi connectivity index (χ3n) is 3.60. The number of halogens is 2. The van der Waals surface area contributed by atoms with E-state index in [-0.39, 0.29) is 5.56 Å². The van der Waals surface area contributed by atoms with Crippen LogP contribution in [0.1, 0.15) is 24.5 Å². The van der Waals surface area contributed by atoms with Crippen LogP contribution in [-0.2, 0) is 16.0 Å². The lowest BCUT2D eigenvalue weighted by Crippen LogP contribution is -2.24. The van der Waals surface area contributed by atoms with Gasteiger partial charge in [-0.05, 0) is 19.1 Å². The molecule has 2 aromatic rings. The number of hydrogen-bond donors (Lipinski definition) is 1. The lowest BCUT2D eigenvalue weighted by atomic mass is 10.1. The molecule has 3 rings (SSSR count). The molecule has 0 atom stereocenters. The predicted molar refractivity (Wildman–Crippen MR) is 76.3 cm³/mol. The average molecular weight is 309 g/mol. The van der Waals surface area contributed by atoms with E-state index in [0.29, 0.717) is 32.0 Å². The lowest BCUT2D eigenvalue weighted by molar-refractivity contribution is -0.0488. The van der Waals surface area contributed by atoms with Crippen LogP contribution in [0.5, 0.6) is 0 Å². The highest BCUT2D eigenvalue weighted by Gasteiger charge is 2.28. The number of aromatic nitrogens is 2. The Balaban J connectivity index is 1.93. The summed E-state index contributed by atoms with van der Waals surface area (Å²) in [5.74, 6) is -1.31. The molecule has 0 spiro atoms. The number of nitrogens with zero attached hydrogens (tertiary/aromatic N) is 2. The second-order valence-corrected chi connectivity index (χ2v) is 4.96. The van der Waals surface area contributed by atoms with Crippen LogP contribution in [0.15, 0.2) is 24.7 Å². The number of nitrogens with one attached hydrogen (secondary N) is 1. The lowest BCUT2D eigenvalue weighted by Gasteiger charge is -2.24. The zero-order valence-electron chi connectivity index (χ0n) is 12.2. The molecule has 0 aliphatic carbocycles. The molecule has 5 nitrogen and oxygen atoms in total. The molecule has 1 saturated heterocycles. The summed E-state index contributed by atoms with van der Waals surface area (Å²) < 4.78 is 39.3. The van der Waals surface area contributed by atoms with Gasteiger partial charge in [0.1, 0.15) is 5.82 Å². The monoisotopic (exact) mass is 309 g/mol. The van der Waals surface area contributed by atoms with Crippen LogP contribution >= 0.6 is 0 Å². The summed E-state index contributed by atoms with van der Waals surface area (Å²) in [4.78, 5) is 8.71. The van der Waals surface area contributed by atoms with E-state index < -0.39 is 17.9 Å². The first-order valence-electron chi connectivity index (χ1n) is 7.14. The van der Waals surface area contributed by atoms with E-state index in [1.54, 1.807) is 17.4 Å². The van der Waals surface area contributed by atoms with Crippen molar-refractivity contribution in [3.8, 4) is 0 Å². The number of ether oxygens (including phenoxy) is 2. The van der Waals surface area contributed by atoms with Crippen LogP contribution in [0.4, 0.5) is 14.5 Å². The summed E-state index contributed by atoms with van der Waals surface area (Å²) in [5.41, 5.74) is 0.992. The number of H-pyrrole nitrogens is 1. The number of anilines is 1. The molecule has 0 amide bonds. The van der Waals surface area contributed by atoms with Gasteiger partial charge in [0.05, 0.1) is 43.0 Å². The third kappa shape index (κ3) is 2.82. The standard InChI is InChI=1S/C15H17F2N3O2/c1-2-20(8-10-7-18-9-19-10)12-4-3-11(16)13(14(12)17)15-21-5-6-22-15/h3-4,7,9,15H,2,5-6,8H2,1H3,(H,18,19). The Morgan fingerprint density at radius 3 is 2.73 bits per heavy atom.